The van der Waals surface area contributed by atoms with Gasteiger partial charge < -0.3 is 9.84 Å². The number of nitrogens with zero attached hydrogens (tertiary/aromatic N) is 1. The van der Waals surface area contributed by atoms with Gasteiger partial charge in [0.1, 0.15) is 6.26 Å². The minimum absolute atomic E-state index is 0.115. The predicted molar refractivity (Wildman–Crippen MR) is 72.7 cm³/mol. The number of hydrogen-bond donors (Lipinski definition) is 1. The minimum Gasteiger partial charge on any atom is -0.362 e. The van der Waals surface area contributed by atoms with Gasteiger partial charge in [0, 0.05) is 11.5 Å². The molecule has 0 atom stereocenters. The van der Waals surface area contributed by atoms with E-state index in [-0.39, 0.29) is 11.8 Å². The second-order valence-corrected chi connectivity index (χ2v) is 6.14. The van der Waals surface area contributed by atoms with Crippen LogP contribution in [-0.4, -0.2) is 11.1 Å². The lowest BCUT2D eigenvalue weighted by Gasteiger charge is -2.38. The molecule has 1 heterocycles. The van der Waals surface area contributed by atoms with Gasteiger partial charge in [-0.25, -0.2) is 0 Å². The summed E-state index contributed by atoms with van der Waals surface area (Å²) < 4.78 is 4.84. The summed E-state index contributed by atoms with van der Waals surface area (Å²) in [7, 11) is 0. The van der Waals surface area contributed by atoms with Crippen LogP contribution >= 0.6 is 0 Å². The number of carbonyl (C=O) groups excluding carboxylic acids is 1. The number of carbonyl (C=O) groups is 1. The second kappa shape index (κ2) is 5.35. The van der Waals surface area contributed by atoms with Gasteiger partial charge in [-0.2, -0.15) is 0 Å². The quantitative estimate of drug-likeness (QED) is 0.906. The molecule has 0 aromatic carbocycles. The number of nitrogens with one attached hydrogen (secondary N) is 1. The van der Waals surface area contributed by atoms with Crippen molar-refractivity contribution >= 4 is 11.7 Å². The normalized spacial score (nSPS) is 27.8. The van der Waals surface area contributed by atoms with Crippen molar-refractivity contribution < 1.29 is 9.32 Å². The van der Waals surface area contributed by atoms with Crippen molar-refractivity contribution in [2.45, 2.75) is 51.9 Å². The topological polar surface area (TPSA) is 55.1 Å². The maximum atomic E-state index is 12.2. The van der Waals surface area contributed by atoms with E-state index in [4.69, 9.17) is 4.52 Å². The number of amides is 1. The van der Waals surface area contributed by atoms with Crippen molar-refractivity contribution in [2.24, 2.45) is 17.8 Å². The number of aromatic nitrogens is 1. The number of rotatable bonds is 3. The first-order valence-corrected chi connectivity index (χ1v) is 7.46. The maximum absolute atomic E-state index is 12.2. The monoisotopic (exact) mass is 262 g/mol. The summed E-state index contributed by atoms with van der Waals surface area (Å²) in [5.41, 5.74) is 0.886. The van der Waals surface area contributed by atoms with Crippen LogP contribution in [0.25, 0.3) is 0 Å². The van der Waals surface area contributed by atoms with Crippen molar-refractivity contribution in [2.75, 3.05) is 5.32 Å². The number of hydrogen-bond acceptors (Lipinski definition) is 3. The zero-order valence-electron chi connectivity index (χ0n) is 11.5. The fraction of sp³-hybridized carbons (Fsp3) is 0.733. The van der Waals surface area contributed by atoms with E-state index < -0.39 is 0 Å². The van der Waals surface area contributed by atoms with E-state index in [9.17, 15) is 4.79 Å². The van der Waals surface area contributed by atoms with Crippen molar-refractivity contribution in [1.82, 2.24) is 5.16 Å². The summed E-state index contributed by atoms with van der Waals surface area (Å²) in [6.45, 7) is 1.89. The Bertz CT molecular complexity index is 443. The Balaban J connectivity index is 1.50. The molecular formula is C15H22N2O2. The molecule has 104 valence electrons. The zero-order chi connectivity index (χ0) is 13.2. The van der Waals surface area contributed by atoms with Gasteiger partial charge in [-0.3, -0.25) is 4.79 Å². The van der Waals surface area contributed by atoms with Gasteiger partial charge in [-0.1, -0.05) is 24.4 Å². The maximum Gasteiger partial charge on any atom is 0.228 e. The standard InChI is InChI=1S/C15H22N2O2/c1-10-9-19-17-14(10)16-15(18)13-7-5-12(6-8-13)11-3-2-4-11/h9,11-13H,2-8H2,1H3,(H,16,17,18). The summed E-state index contributed by atoms with van der Waals surface area (Å²) in [6, 6.07) is 0. The van der Waals surface area contributed by atoms with E-state index in [1.807, 2.05) is 6.92 Å². The fourth-order valence-corrected chi connectivity index (χ4v) is 3.39. The van der Waals surface area contributed by atoms with E-state index in [0.717, 1.165) is 30.2 Å². The van der Waals surface area contributed by atoms with E-state index in [0.29, 0.717) is 5.82 Å². The summed E-state index contributed by atoms with van der Waals surface area (Å²) >= 11 is 0. The van der Waals surface area contributed by atoms with Crippen molar-refractivity contribution in [3.8, 4) is 0 Å². The highest BCUT2D eigenvalue weighted by Gasteiger charge is 2.33. The molecular weight excluding hydrogens is 240 g/mol. The highest BCUT2D eigenvalue weighted by molar-refractivity contribution is 5.92. The van der Waals surface area contributed by atoms with Gasteiger partial charge in [0.2, 0.25) is 5.91 Å². The lowest BCUT2D eigenvalue weighted by atomic mass is 9.68. The zero-order valence-corrected chi connectivity index (χ0v) is 11.5. The third kappa shape index (κ3) is 2.67. The molecule has 1 N–H and O–H groups in total. The van der Waals surface area contributed by atoms with Crippen LogP contribution in [0.3, 0.4) is 0 Å². The molecule has 4 nitrogen and oxygen atoms in total. The number of anilines is 1. The first-order valence-electron chi connectivity index (χ1n) is 7.46. The summed E-state index contributed by atoms with van der Waals surface area (Å²) in [4.78, 5) is 12.2. The smallest absolute Gasteiger partial charge is 0.228 e. The molecule has 0 radical (unpaired) electrons. The van der Waals surface area contributed by atoms with Crippen LogP contribution < -0.4 is 5.32 Å². The largest absolute Gasteiger partial charge is 0.362 e. The molecule has 2 saturated carbocycles. The minimum atomic E-state index is 0.115. The van der Waals surface area contributed by atoms with Gasteiger partial charge in [-0.05, 0) is 44.4 Å². The molecule has 4 heteroatoms. The molecule has 0 bridgehead atoms. The third-order valence-electron chi connectivity index (χ3n) is 4.95. The van der Waals surface area contributed by atoms with Crippen LogP contribution in [-0.2, 0) is 4.79 Å². The summed E-state index contributed by atoms with van der Waals surface area (Å²) in [6.07, 6.45) is 10.3. The Morgan fingerprint density at radius 1 is 1.21 bits per heavy atom. The van der Waals surface area contributed by atoms with E-state index >= 15 is 0 Å². The predicted octanol–water partition coefficient (Wildman–Crippen LogP) is 3.53. The average molecular weight is 262 g/mol. The molecule has 0 saturated heterocycles. The number of aryl methyl sites for hydroxylation is 1. The molecule has 0 unspecified atom stereocenters. The summed E-state index contributed by atoms with van der Waals surface area (Å²) in [5, 5.41) is 6.70. The van der Waals surface area contributed by atoms with Gasteiger partial charge in [0.25, 0.3) is 0 Å². The molecule has 0 spiro atoms. The third-order valence-corrected chi connectivity index (χ3v) is 4.95. The van der Waals surface area contributed by atoms with Gasteiger partial charge in [0.05, 0.1) is 0 Å². The molecule has 3 rings (SSSR count). The molecule has 2 aliphatic carbocycles. The van der Waals surface area contributed by atoms with E-state index in [1.54, 1.807) is 6.26 Å². The van der Waals surface area contributed by atoms with Crippen molar-refractivity contribution in [3.05, 3.63) is 11.8 Å². The highest BCUT2D eigenvalue weighted by atomic mass is 16.5. The Labute approximate surface area is 113 Å². The Morgan fingerprint density at radius 3 is 2.42 bits per heavy atom. The fourth-order valence-electron chi connectivity index (χ4n) is 3.39. The van der Waals surface area contributed by atoms with Gasteiger partial charge >= 0.3 is 0 Å². The van der Waals surface area contributed by atoms with Crippen molar-refractivity contribution in [1.29, 1.82) is 0 Å². The molecule has 1 aromatic heterocycles. The molecule has 1 aromatic rings. The molecule has 1 amide bonds. The van der Waals surface area contributed by atoms with E-state index in [2.05, 4.69) is 10.5 Å². The first kappa shape index (κ1) is 12.7. The van der Waals surface area contributed by atoms with Gasteiger partial charge in [-0.15, -0.1) is 0 Å². The lowest BCUT2D eigenvalue weighted by Crippen LogP contribution is -2.31. The summed E-state index contributed by atoms with van der Waals surface area (Å²) in [5.74, 6) is 2.69. The van der Waals surface area contributed by atoms with Crippen LogP contribution in [0.4, 0.5) is 5.82 Å². The van der Waals surface area contributed by atoms with Gasteiger partial charge in [0.15, 0.2) is 5.82 Å². The van der Waals surface area contributed by atoms with Crippen LogP contribution in [0, 0.1) is 24.7 Å². The SMILES string of the molecule is Cc1conc1NC(=O)C1CCC(C2CCC2)CC1. The van der Waals surface area contributed by atoms with Crippen LogP contribution in [0.5, 0.6) is 0 Å². The molecule has 19 heavy (non-hydrogen) atoms. The Hall–Kier alpha value is -1.32. The van der Waals surface area contributed by atoms with Crippen LogP contribution in [0.1, 0.15) is 50.5 Å². The Morgan fingerprint density at radius 2 is 1.89 bits per heavy atom. The second-order valence-electron chi connectivity index (χ2n) is 6.14. The van der Waals surface area contributed by atoms with Crippen LogP contribution in [0.2, 0.25) is 0 Å². The first-order chi connectivity index (χ1) is 9.24. The van der Waals surface area contributed by atoms with E-state index in [1.165, 1.54) is 32.1 Å². The molecule has 2 aliphatic rings. The molecule has 2 fully saturated rings. The highest BCUT2D eigenvalue weighted by Crippen LogP contribution is 2.42. The molecule has 0 aliphatic heterocycles. The average Bonchev–Trinajstić information content (AvgIpc) is 2.74. The van der Waals surface area contributed by atoms with Crippen molar-refractivity contribution in [3.63, 3.8) is 0 Å². The lowest BCUT2D eigenvalue weighted by molar-refractivity contribution is -0.121. The van der Waals surface area contributed by atoms with Crippen LogP contribution in [0.15, 0.2) is 10.8 Å². The Kier molecular flexibility index (Phi) is 3.58.